The monoisotopic (exact) mass is 290 g/mol. The minimum Gasteiger partial charge on any atom is -0.462 e. The number of ether oxygens (including phenoxy) is 1. The Morgan fingerprint density at radius 3 is 2.90 bits per heavy atom. The van der Waals surface area contributed by atoms with E-state index in [4.69, 9.17) is 16.3 Å². The predicted octanol–water partition coefficient (Wildman–Crippen LogP) is 3.18. The van der Waals surface area contributed by atoms with Gasteiger partial charge in [0.05, 0.1) is 6.61 Å². The van der Waals surface area contributed by atoms with Gasteiger partial charge in [-0.3, -0.25) is 0 Å². The standard InChI is InChI=1S/C15H15ClN2O2/c1-3-20-15(19)13(14-17-7-8-18(14)2)10-11-5-4-6-12(16)9-11/h4-10H,3H2,1-2H3/b13-10-. The van der Waals surface area contributed by atoms with Gasteiger partial charge in [0.2, 0.25) is 0 Å². The van der Waals surface area contributed by atoms with Crippen molar-refractivity contribution in [1.29, 1.82) is 0 Å². The van der Waals surface area contributed by atoms with E-state index in [0.717, 1.165) is 5.56 Å². The van der Waals surface area contributed by atoms with Gasteiger partial charge in [0.1, 0.15) is 11.4 Å². The van der Waals surface area contributed by atoms with Crippen LogP contribution in [0.5, 0.6) is 0 Å². The number of imidazole rings is 1. The Labute approximate surface area is 122 Å². The zero-order valence-corrected chi connectivity index (χ0v) is 12.1. The summed E-state index contributed by atoms with van der Waals surface area (Å²) in [4.78, 5) is 16.3. The minimum atomic E-state index is -0.401. The van der Waals surface area contributed by atoms with Crippen molar-refractivity contribution < 1.29 is 9.53 Å². The maximum atomic E-state index is 12.1. The van der Waals surface area contributed by atoms with Crippen molar-refractivity contribution in [2.24, 2.45) is 7.05 Å². The Morgan fingerprint density at radius 2 is 2.30 bits per heavy atom. The van der Waals surface area contributed by atoms with Crippen LogP contribution in [-0.4, -0.2) is 22.1 Å². The van der Waals surface area contributed by atoms with Crippen molar-refractivity contribution in [2.45, 2.75) is 6.92 Å². The SMILES string of the molecule is CCOC(=O)/C(=C\c1cccc(Cl)c1)c1nccn1C. The number of aromatic nitrogens is 2. The Bertz CT molecular complexity index is 647. The molecule has 0 aliphatic heterocycles. The molecule has 0 spiro atoms. The Hall–Kier alpha value is -2.07. The molecule has 0 unspecified atom stereocenters. The summed E-state index contributed by atoms with van der Waals surface area (Å²) in [6.07, 6.45) is 5.15. The van der Waals surface area contributed by atoms with Gasteiger partial charge >= 0.3 is 5.97 Å². The van der Waals surface area contributed by atoms with Gasteiger partial charge < -0.3 is 9.30 Å². The van der Waals surface area contributed by atoms with Gasteiger partial charge in [0, 0.05) is 24.5 Å². The number of carbonyl (C=O) groups is 1. The van der Waals surface area contributed by atoms with Crippen LogP contribution in [0, 0.1) is 0 Å². The molecule has 2 aromatic rings. The van der Waals surface area contributed by atoms with E-state index in [0.29, 0.717) is 23.0 Å². The summed E-state index contributed by atoms with van der Waals surface area (Å²) in [6, 6.07) is 7.26. The molecule has 0 radical (unpaired) electrons. The van der Waals surface area contributed by atoms with Gasteiger partial charge in [-0.05, 0) is 30.7 Å². The van der Waals surface area contributed by atoms with E-state index in [1.807, 2.05) is 19.2 Å². The lowest BCUT2D eigenvalue weighted by Crippen LogP contribution is -2.10. The van der Waals surface area contributed by atoms with Crippen LogP contribution in [0.15, 0.2) is 36.7 Å². The van der Waals surface area contributed by atoms with E-state index < -0.39 is 5.97 Å². The molecule has 0 atom stereocenters. The van der Waals surface area contributed by atoms with E-state index in [-0.39, 0.29) is 0 Å². The fraction of sp³-hybridized carbons (Fsp3) is 0.200. The third-order valence-corrected chi connectivity index (χ3v) is 2.95. The number of hydrogen-bond acceptors (Lipinski definition) is 3. The number of aryl methyl sites for hydroxylation is 1. The predicted molar refractivity (Wildman–Crippen MR) is 79.2 cm³/mol. The summed E-state index contributed by atoms with van der Waals surface area (Å²) in [5.74, 6) is 0.158. The molecule has 0 fully saturated rings. The number of benzene rings is 1. The molecule has 0 bridgehead atoms. The second-order valence-electron chi connectivity index (χ2n) is 4.20. The van der Waals surface area contributed by atoms with E-state index in [1.165, 1.54) is 0 Å². The third kappa shape index (κ3) is 3.27. The van der Waals surface area contributed by atoms with Crippen LogP contribution in [0.1, 0.15) is 18.3 Å². The molecule has 0 amide bonds. The molecule has 1 aromatic heterocycles. The minimum absolute atomic E-state index is 0.316. The summed E-state index contributed by atoms with van der Waals surface area (Å²) in [7, 11) is 1.83. The third-order valence-electron chi connectivity index (χ3n) is 2.72. The van der Waals surface area contributed by atoms with Gasteiger partial charge in [0.15, 0.2) is 0 Å². The van der Waals surface area contributed by atoms with Crippen molar-refractivity contribution in [2.75, 3.05) is 6.61 Å². The topological polar surface area (TPSA) is 44.1 Å². The Balaban J connectivity index is 2.46. The van der Waals surface area contributed by atoms with Crippen LogP contribution in [0.2, 0.25) is 5.02 Å². The first kappa shape index (κ1) is 14.3. The first-order valence-electron chi connectivity index (χ1n) is 6.24. The highest BCUT2D eigenvalue weighted by molar-refractivity contribution is 6.30. The fourth-order valence-electron chi connectivity index (χ4n) is 1.81. The van der Waals surface area contributed by atoms with Crippen molar-refractivity contribution in [3.05, 3.63) is 53.1 Å². The molecule has 1 heterocycles. The summed E-state index contributed by atoms with van der Waals surface area (Å²) < 4.78 is 6.86. The number of hydrogen-bond donors (Lipinski definition) is 0. The largest absolute Gasteiger partial charge is 0.462 e. The average Bonchev–Trinajstić information content (AvgIpc) is 2.82. The highest BCUT2D eigenvalue weighted by atomic mass is 35.5. The van der Waals surface area contributed by atoms with E-state index in [9.17, 15) is 4.79 Å². The Kier molecular flexibility index (Phi) is 4.58. The van der Waals surface area contributed by atoms with Gasteiger partial charge in [-0.25, -0.2) is 9.78 Å². The van der Waals surface area contributed by atoms with Crippen LogP contribution < -0.4 is 0 Å². The van der Waals surface area contributed by atoms with Gasteiger partial charge in [-0.15, -0.1) is 0 Å². The Morgan fingerprint density at radius 1 is 1.50 bits per heavy atom. The first-order valence-corrected chi connectivity index (χ1v) is 6.61. The van der Waals surface area contributed by atoms with E-state index in [1.54, 1.807) is 42.1 Å². The molecule has 104 valence electrons. The van der Waals surface area contributed by atoms with Gasteiger partial charge in [0.25, 0.3) is 0 Å². The molecule has 0 saturated heterocycles. The summed E-state index contributed by atoms with van der Waals surface area (Å²) in [5, 5.41) is 0.613. The zero-order chi connectivity index (χ0) is 14.5. The molecule has 20 heavy (non-hydrogen) atoms. The normalized spacial score (nSPS) is 11.4. The molecular formula is C15H15ClN2O2. The first-order chi connectivity index (χ1) is 9.61. The summed E-state index contributed by atoms with van der Waals surface area (Å²) >= 11 is 5.96. The summed E-state index contributed by atoms with van der Waals surface area (Å²) in [5.41, 5.74) is 1.23. The number of rotatable bonds is 4. The van der Waals surface area contributed by atoms with Crippen LogP contribution in [-0.2, 0) is 16.6 Å². The molecule has 0 N–H and O–H groups in total. The summed E-state index contributed by atoms with van der Waals surface area (Å²) in [6.45, 7) is 2.09. The molecule has 0 saturated carbocycles. The second kappa shape index (κ2) is 6.39. The van der Waals surface area contributed by atoms with Crippen LogP contribution >= 0.6 is 11.6 Å². The molecule has 4 nitrogen and oxygen atoms in total. The lowest BCUT2D eigenvalue weighted by atomic mass is 10.1. The van der Waals surface area contributed by atoms with Crippen molar-refractivity contribution >= 4 is 29.2 Å². The second-order valence-corrected chi connectivity index (χ2v) is 4.63. The van der Waals surface area contributed by atoms with Crippen LogP contribution in [0.4, 0.5) is 0 Å². The zero-order valence-electron chi connectivity index (χ0n) is 11.3. The maximum Gasteiger partial charge on any atom is 0.341 e. The average molecular weight is 291 g/mol. The maximum absolute atomic E-state index is 12.1. The molecule has 2 rings (SSSR count). The quantitative estimate of drug-likeness (QED) is 0.642. The highest BCUT2D eigenvalue weighted by Crippen LogP contribution is 2.20. The van der Waals surface area contributed by atoms with Crippen LogP contribution in [0.3, 0.4) is 0 Å². The van der Waals surface area contributed by atoms with E-state index >= 15 is 0 Å². The van der Waals surface area contributed by atoms with Crippen LogP contribution in [0.25, 0.3) is 11.6 Å². The molecule has 0 aliphatic rings. The molecule has 5 heteroatoms. The van der Waals surface area contributed by atoms with Crippen molar-refractivity contribution in [3.8, 4) is 0 Å². The van der Waals surface area contributed by atoms with Crippen molar-refractivity contribution in [1.82, 2.24) is 9.55 Å². The lowest BCUT2D eigenvalue weighted by molar-refractivity contribution is -0.136. The number of carbonyl (C=O) groups excluding carboxylic acids is 1. The lowest BCUT2D eigenvalue weighted by Gasteiger charge is -2.07. The highest BCUT2D eigenvalue weighted by Gasteiger charge is 2.17. The molecular weight excluding hydrogens is 276 g/mol. The van der Waals surface area contributed by atoms with Crippen molar-refractivity contribution in [3.63, 3.8) is 0 Å². The molecule has 1 aromatic carbocycles. The van der Waals surface area contributed by atoms with E-state index in [2.05, 4.69) is 4.98 Å². The number of esters is 1. The molecule has 0 aliphatic carbocycles. The fourth-order valence-corrected chi connectivity index (χ4v) is 2.01. The number of nitrogens with zero attached hydrogens (tertiary/aromatic N) is 2. The van der Waals surface area contributed by atoms with Gasteiger partial charge in [-0.2, -0.15) is 0 Å². The smallest absolute Gasteiger partial charge is 0.341 e. The van der Waals surface area contributed by atoms with Gasteiger partial charge in [-0.1, -0.05) is 23.7 Å². The number of halogens is 1.